The number of carbonyl (C=O) groups is 1. The summed E-state index contributed by atoms with van der Waals surface area (Å²) in [5.74, 6) is 0.171. The average Bonchev–Trinajstić information content (AvgIpc) is 2.14. The van der Waals surface area contributed by atoms with Crippen LogP contribution in [0.5, 0.6) is 0 Å². The molecule has 2 nitrogen and oxygen atoms in total. The zero-order valence-corrected chi connectivity index (χ0v) is 11.5. The third-order valence-corrected chi connectivity index (χ3v) is 4.23. The second-order valence-corrected chi connectivity index (χ2v) is 6.33. The lowest BCUT2D eigenvalue weighted by atomic mass is 9.65. The van der Waals surface area contributed by atoms with E-state index in [1.807, 2.05) is 6.92 Å². The van der Waals surface area contributed by atoms with E-state index in [1.165, 1.54) is 18.4 Å². The highest BCUT2D eigenvalue weighted by Gasteiger charge is 2.34. The van der Waals surface area contributed by atoms with E-state index in [9.17, 15) is 4.79 Å². The smallest absolute Gasteiger partial charge is 0.303 e. The Hall–Kier alpha value is -0.790. The van der Waals surface area contributed by atoms with Crippen molar-refractivity contribution in [2.45, 2.75) is 59.3 Å². The summed E-state index contributed by atoms with van der Waals surface area (Å²) >= 11 is 0. The monoisotopic (exact) mass is 238 g/mol. The van der Waals surface area contributed by atoms with Gasteiger partial charge < -0.3 is 5.11 Å². The minimum Gasteiger partial charge on any atom is -0.481 e. The van der Waals surface area contributed by atoms with E-state index in [4.69, 9.17) is 5.11 Å². The summed E-state index contributed by atoms with van der Waals surface area (Å²) in [4.78, 5) is 10.6. The summed E-state index contributed by atoms with van der Waals surface area (Å²) in [6.07, 6.45) is 6.07. The molecule has 0 bridgehead atoms. The molecule has 1 aliphatic rings. The summed E-state index contributed by atoms with van der Waals surface area (Å²) < 4.78 is 0. The summed E-state index contributed by atoms with van der Waals surface area (Å²) in [6, 6.07) is 0. The van der Waals surface area contributed by atoms with Gasteiger partial charge >= 0.3 is 5.97 Å². The molecule has 0 aromatic rings. The maximum Gasteiger partial charge on any atom is 0.303 e. The summed E-state index contributed by atoms with van der Waals surface area (Å²) in [5.41, 5.74) is 1.72. The van der Waals surface area contributed by atoms with Crippen molar-refractivity contribution >= 4 is 5.97 Å². The fourth-order valence-corrected chi connectivity index (χ4v) is 3.12. The van der Waals surface area contributed by atoms with Gasteiger partial charge in [-0.1, -0.05) is 32.9 Å². The highest BCUT2D eigenvalue weighted by Crippen LogP contribution is 2.45. The number of hydrogen-bond donors (Lipinski definition) is 1. The van der Waals surface area contributed by atoms with Crippen LogP contribution in [0.4, 0.5) is 0 Å². The molecule has 1 aliphatic carbocycles. The summed E-state index contributed by atoms with van der Waals surface area (Å²) in [6.45, 7) is 10.9. The Balaban J connectivity index is 2.48. The zero-order chi connectivity index (χ0) is 13.1. The first kappa shape index (κ1) is 14.3. The van der Waals surface area contributed by atoms with E-state index in [0.29, 0.717) is 17.8 Å². The zero-order valence-electron chi connectivity index (χ0n) is 11.5. The Labute approximate surface area is 105 Å². The Bertz CT molecular complexity index is 291. The van der Waals surface area contributed by atoms with Crippen LogP contribution in [-0.4, -0.2) is 11.1 Å². The third kappa shape index (κ3) is 4.18. The second-order valence-electron chi connectivity index (χ2n) is 6.33. The predicted octanol–water partition coefficient (Wildman–Crippen LogP) is 4.26. The molecule has 1 saturated carbocycles. The molecule has 0 aliphatic heterocycles. The van der Waals surface area contributed by atoms with Gasteiger partial charge in [0.25, 0.3) is 0 Å². The van der Waals surface area contributed by atoms with E-state index in [-0.39, 0.29) is 5.92 Å². The van der Waals surface area contributed by atoms with Gasteiger partial charge in [-0.2, -0.15) is 0 Å². The molecule has 1 unspecified atom stereocenters. The SMILES string of the molecule is C=C1CCCC(C)(C)[C@H]1CCC(C)CC(=O)O. The molecule has 0 radical (unpaired) electrons. The highest BCUT2D eigenvalue weighted by atomic mass is 16.4. The standard InChI is InChI=1S/C15H26O2/c1-11(10-14(16)17)7-8-13-12(2)6-5-9-15(13,3)4/h11,13H,2,5-10H2,1,3-4H3,(H,16,17)/t11?,13-/m0/s1. The summed E-state index contributed by atoms with van der Waals surface area (Å²) in [7, 11) is 0. The van der Waals surface area contributed by atoms with Crippen LogP contribution in [0, 0.1) is 17.3 Å². The maximum atomic E-state index is 10.6. The van der Waals surface area contributed by atoms with Crippen LogP contribution >= 0.6 is 0 Å². The van der Waals surface area contributed by atoms with Crippen molar-refractivity contribution in [1.82, 2.24) is 0 Å². The number of carboxylic acids is 1. The lowest BCUT2D eigenvalue weighted by Crippen LogP contribution is -2.29. The molecular weight excluding hydrogens is 212 g/mol. The number of aliphatic carboxylic acids is 1. The molecular formula is C15H26O2. The molecule has 0 heterocycles. The first-order valence-electron chi connectivity index (χ1n) is 6.72. The van der Waals surface area contributed by atoms with E-state index in [0.717, 1.165) is 19.3 Å². The van der Waals surface area contributed by atoms with Gasteiger partial charge in [0.1, 0.15) is 0 Å². The van der Waals surface area contributed by atoms with Crippen LogP contribution in [0.1, 0.15) is 59.3 Å². The number of carboxylic acid groups (broad SMARTS) is 1. The van der Waals surface area contributed by atoms with Crippen molar-refractivity contribution in [3.63, 3.8) is 0 Å². The van der Waals surface area contributed by atoms with Crippen LogP contribution in [0.25, 0.3) is 0 Å². The van der Waals surface area contributed by atoms with Gasteiger partial charge in [0, 0.05) is 6.42 Å². The van der Waals surface area contributed by atoms with Gasteiger partial charge in [-0.05, 0) is 49.4 Å². The molecule has 2 heteroatoms. The third-order valence-electron chi connectivity index (χ3n) is 4.23. The normalized spacial score (nSPS) is 25.6. The summed E-state index contributed by atoms with van der Waals surface area (Å²) in [5, 5.41) is 8.76. The molecule has 0 spiro atoms. The van der Waals surface area contributed by atoms with Crippen molar-refractivity contribution < 1.29 is 9.90 Å². The average molecular weight is 238 g/mol. The number of hydrogen-bond acceptors (Lipinski definition) is 1. The molecule has 0 saturated heterocycles. The largest absolute Gasteiger partial charge is 0.481 e. The maximum absolute atomic E-state index is 10.6. The fourth-order valence-electron chi connectivity index (χ4n) is 3.12. The van der Waals surface area contributed by atoms with Crippen LogP contribution in [0.15, 0.2) is 12.2 Å². The minimum atomic E-state index is -0.681. The van der Waals surface area contributed by atoms with Crippen molar-refractivity contribution in [1.29, 1.82) is 0 Å². The van der Waals surface area contributed by atoms with Gasteiger partial charge in [0.15, 0.2) is 0 Å². The van der Waals surface area contributed by atoms with Gasteiger partial charge in [0.05, 0.1) is 0 Å². The highest BCUT2D eigenvalue weighted by molar-refractivity contribution is 5.66. The topological polar surface area (TPSA) is 37.3 Å². The lowest BCUT2D eigenvalue weighted by molar-refractivity contribution is -0.138. The van der Waals surface area contributed by atoms with Gasteiger partial charge in [-0.15, -0.1) is 0 Å². The first-order valence-corrected chi connectivity index (χ1v) is 6.72. The number of rotatable bonds is 5. The van der Waals surface area contributed by atoms with Gasteiger partial charge in [-0.3, -0.25) is 4.79 Å². The molecule has 0 aromatic carbocycles. The van der Waals surface area contributed by atoms with Gasteiger partial charge in [-0.25, -0.2) is 0 Å². The second kappa shape index (κ2) is 5.70. The molecule has 2 atom stereocenters. The van der Waals surface area contributed by atoms with Crippen LogP contribution in [0.3, 0.4) is 0 Å². The van der Waals surface area contributed by atoms with Crippen molar-refractivity contribution in [2.24, 2.45) is 17.3 Å². The van der Waals surface area contributed by atoms with Crippen molar-refractivity contribution in [2.75, 3.05) is 0 Å². The molecule has 17 heavy (non-hydrogen) atoms. The fraction of sp³-hybridized carbons (Fsp3) is 0.800. The van der Waals surface area contributed by atoms with E-state index in [2.05, 4.69) is 20.4 Å². The van der Waals surface area contributed by atoms with Crippen molar-refractivity contribution in [3.8, 4) is 0 Å². The molecule has 1 rings (SSSR count). The number of allylic oxidation sites excluding steroid dienone is 1. The predicted molar refractivity (Wildman–Crippen MR) is 70.9 cm³/mol. The first-order chi connectivity index (χ1) is 7.83. The molecule has 98 valence electrons. The van der Waals surface area contributed by atoms with Crippen molar-refractivity contribution in [3.05, 3.63) is 12.2 Å². The van der Waals surface area contributed by atoms with Crippen LogP contribution < -0.4 is 0 Å². The van der Waals surface area contributed by atoms with E-state index < -0.39 is 5.97 Å². The minimum absolute atomic E-state index is 0.276. The lowest BCUT2D eigenvalue weighted by Gasteiger charge is -2.40. The Morgan fingerprint density at radius 2 is 2.24 bits per heavy atom. The Morgan fingerprint density at radius 3 is 2.76 bits per heavy atom. The Morgan fingerprint density at radius 1 is 1.59 bits per heavy atom. The molecule has 1 fully saturated rings. The van der Waals surface area contributed by atoms with Crippen LogP contribution in [0.2, 0.25) is 0 Å². The van der Waals surface area contributed by atoms with Crippen LogP contribution in [-0.2, 0) is 4.79 Å². The molecule has 0 aromatic heterocycles. The van der Waals surface area contributed by atoms with Gasteiger partial charge in [0.2, 0.25) is 0 Å². The quantitative estimate of drug-likeness (QED) is 0.727. The van der Waals surface area contributed by atoms with E-state index in [1.54, 1.807) is 0 Å². The molecule has 1 N–H and O–H groups in total. The molecule has 0 amide bonds. The Kier molecular flexibility index (Phi) is 4.79. The van der Waals surface area contributed by atoms with E-state index >= 15 is 0 Å².